The van der Waals surface area contributed by atoms with E-state index in [4.69, 9.17) is 11.6 Å². The van der Waals surface area contributed by atoms with Crippen LogP contribution in [0.15, 0.2) is 42.5 Å². The lowest BCUT2D eigenvalue weighted by molar-refractivity contribution is 0.102. The van der Waals surface area contributed by atoms with E-state index in [2.05, 4.69) is 5.32 Å². The largest absolute Gasteiger partial charge is 0.322 e. The summed E-state index contributed by atoms with van der Waals surface area (Å²) < 4.78 is 24.9. The first kappa shape index (κ1) is 18.3. The maximum atomic E-state index is 12.3. The Balaban J connectivity index is 2.17. The van der Waals surface area contributed by atoms with E-state index in [9.17, 15) is 13.2 Å². The summed E-state index contributed by atoms with van der Waals surface area (Å²) in [5.41, 5.74) is 2.49. The molecule has 0 saturated heterocycles. The van der Waals surface area contributed by atoms with Crippen LogP contribution in [0, 0.1) is 6.92 Å². The number of benzene rings is 2. The van der Waals surface area contributed by atoms with Crippen LogP contribution in [0.1, 0.15) is 22.8 Å². The lowest BCUT2D eigenvalue weighted by atomic mass is 10.1. The van der Waals surface area contributed by atoms with Crippen LogP contribution >= 0.6 is 11.6 Å². The third-order valence-electron chi connectivity index (χ3n) is 3.71. The van der Waals surface area contributed by atoms with Gasteiger partial charge in [-0.05, 0) is 61.9 Å². The molecular formula is C17H19ClN2O3S. The Morgan fingerprint density at radius 3 is 2.33 bits per heavy atom. The van der Waals surface area contributed by atoms with Gasteiger partial charge >= 0.3 is 0 Å². The van der Waals surface area contributed by atoms with Crippen LogP contribution in [0.25, 0.3) is 0 Å². The van der Waals surface area contributed by atoms with Gasteiger partial charge in [-0.25, -0.2) is 8.42 Å². The van der Waals surface area contributed by atoms with Gasteiger partial charge in [-0.15, -0.1) is 0 Å². The highest BCUT2D eigenvalue weighted by atomic mass is 35.5. The standard InChI is InChI=1S/C17H19ClN2O3S/c1-4-24(22,23)20(3)15-8-5-13(6-9-15)17(21)19-16-10-7-14(18)11-12(16)2/h5-11H,4H2,1-3H3,(H,19,21). The average molecular weight is 367 g/mol. The van der Waals surface area contributed by atoms with E-state index in [0.29, 0.717) is 22.0 Å². The second-order valence-corrected chi connectivity index (χ2v) is 8.05. The number of nitrogens with one attached hydrogen (secondary N) is 1. The molecule has 0 aliphatic heterocycles. The predicted molar refractivity (Wildman–Crippen MR) is 98.4 cm³/mol. The van der Waals surface area contributed by atoms with Crippen molar-refractivity contribution >= 4 is 38.9 Å². The molecule has 0 spiro atoms. The molecule has 7 heteroatoms. The molecule has 24 heavy (non-hydrogen) atoms. The normalized spacial score (nSPS) is 11.2. The molecule has 0 heterocycles. The Morgan fingerprint density at radius 2 is 1.79 bits per heavy atom. The number of hydrogen-bond donors (Lipinski definition) is 1. The highest BCUT2D eigenvalue weighted by Gasteiger charge is 2.16. The monoisotopic (exact) mass is 366 g/mol. The number of hydrogen-bond acceptors (Lipinski definition) is 3. The molecule has 0 aliphatic rings. The highest BCUT2D eigenvalue weighted by molar-refractivity contribution is 7.92. The quantitative estimate of drug-likeness (QED) is 0.877. The smallest absolute Gasteiger partial charge is 0.255 e. The number of amides is 1. The zero-order valence-corrected chi connectivity index (χ0v) is 15.3. The number of sulfonamides is 1. The fraction of sp³-hybridized carbons (Fsp3) is 0.235. The third-order valence-corrected chi connectivity index (χ3v) is 5.72. The Labute approximate surface area is 147 Å². The van der Waals surface area contributed by atoms with Gasteiger partial charge in [0, 0.05) is 23.3 Å². The fourth-order valence-corrected chi connectivity index (χ4v) is 3.20. The number of carbonyl (C=O) groups excluding carboxylic acids is 1. The number of nitrogens with zero attached hydrogens (tertiary/aromatic N) is 1. The molecule has 5 nitrogen and oxygen atoms in total. The molecule has 2 rings (SSSR count). The van der Waals surface area contributed by atoms with E-state index in [0.717, 1.165) is 5.56 Å². The summed E-state index contributed by atoms with van der Waals surface area (Å²) in [6.07, 6.45) is 0. The summed E-state index contributed by atoms with van der Waals surface area (Å²) >= 11 is 5.90. The number of aryl methyl sites for hydroxylation is 1. The van der Waals surface area contributed by atoms with Crippen molar-refractivity contribution < 1.29 is 13.2 Å². The van der Waals surface area contributed by atoms with Gasteiger partial charge in [0.15, 0.2) is 0 Å². The van der Waals surface area contributed by atoms with Crippen molar-refractivity contribution in [2.45, 2.75) is 13.8 Å². The van der Waals surface area contributed by atoms with Crippen molar-refractivity contribution in [2.24, 2.45) is 0 Å². The van der Waals surface area contributed by atoms with Crippen molar-refractivity contribution in [3.8, 4) is 0 Å². The molecule has 0 aromatic heterocycles. The van der Waals surface area contributed by atoms with Gasteiger partial charge in [-0.2, -0.15) is 0 Å². The van der Waals surface area contributed by atoms with Gasteiger partial charge < -0.3 is 5.32 Å². The van der Waals surface area contributed by atoms with Gasteiger partial charge in [-0.3, -0.25) is 9.10 Å². The summed E-state index contributed by atoms with van der Waals surface area (Å²) in [5.74, 6) is -0.255. The van der Waals surface area contributed by atoms with Crippen LogP contribution in [0.3, 0.4) is 0 Å². The molecule has 0 atom stereocenters. The van der Waals surface area contributed by atoms with Crippen LogP contribution in [-0.2, 0) is 10.0 Å². The molecule has 0 bridgehead atoms. The average Bonchev–Trinajstić information content (AvgIpc) is 2.56. The number of halogens is 1. The molecule has 0 saturated carbocycles. The van der Waals surface area contributed by atoms with Gasteiger partial charge in [0.25, 0.3) is 5.91 Å². The van der Waals surface area contributed by atoms with E-state index < -0.39 is 10.0 Å². The fourth-order valence-electron chi connectivity index (χ4n) is 2.14. The lowest BCUT2D eigenvalue weighted by Gasteiger charge is -2.18. The molecule has 128 valence electrons. The van der Waals surface area contributed by atoms with Crippen LogP contribution in [0.2, 0.25) is 5.02 Å². The molecule has 1 amide bonds. The third kappa shape index (κ3) is 4.07. The van der Waals surface area contributed by atoms with Crippen molar-refractivity contribution in [3.05, 3.63) is 58.6 Å². The summed E-state index contributed by atoms with van der Waals surface area (Å²) in [6.45, 7) is 3.44. The minimum absolute atomic E-state index is 0.0155. The van der Waals surface area contributed by atoms with Gasteiger partial charge in [0.05, 0.1) is 11.4 Å². The number of rotatable bonds is 5. The van der Waals surface area contributed by atoms with Crippen LogP contribution in [-0.4, -0.2) is 27.1 Å². The Kier molecular flexibility index (Phi) is 5.51. The number of carbonyl (C=O) groups is 1. The van der Waals surface area contributed by atoms with Crippen molar-refractivity contribution in [1.82, 2.24) is 0 Å². The minimum atomic E-state index is -3.32. The zero-order chi connectivity index (χ0) is 17.9. The molecule has 0 fully saturated rings. The Bertz CT molecular complexity index is 849. The Hall–Kier alpha value is -2.05. The van der Waals surface area contributed by atoms with Crippen LogP contribution < -0.4 is 9.62 Å². The zero-order valence-electron chi connectivity index (χ0n) is 13.7. The lowest BCUT2D eigenvalue weighted by Crippen LogP contribution is -2.28. The first-order valence-corrected chi connectivity index (χ1v) is 9.37. The van der Waals surface area contributed by atoms with E-state index >= 15 is 0 Å². The molecule has 0 aliphatic carbocycles. The van der Waals surface area contributed by atoms with E-state index in [1.54, 1.807) is 49.4 Å². The van der Waals surface area contributed by atoms with Crippen molar-refractivity contribution in [1.29, 1.82) is 0 Å². The molecule has 0 unspecified atom stereocenters. The summed E-state index contributed by atoms with van der Waals surface area (Å²) in [4.78, 5) is 12.3. The minimum Gasteiger partial charge on any atom is -0.322 e. The van der Waals surface area contributed by atoms with Crippen LogP contribution in [0.5, 0.6) is 0 Å². The van der Waals surface area contributed by atoms with Gasteiger partial charge in [0.2, 0.25) is 10.0 Å². The number of anilines is 2. The van der Waals surface area contributed by atoms with Gasteiger partial charge in [-0.1, -0.05) is 11.6 Å². The van der Waals surface area contributed by atoms with Crippen molar-refractivity contribution in [3.63, 3.8) is 0 Å². The first-order chi connectivity index (χ1) is 11.2. The highest BCUT2D eigenvalue weighted by Crippen LogP contribution is 2.21. The molecule has 2 aromatic carbocycles. The Morgan fingerprint density at radius 1 is 1.17 bits per heavy atom. The summed E-state index contributed by atoms with van der Waals surface area (Å²) in [7, 11) is -1.83. The second kappa shape index (κ2) is 7.23. The second-order valence-electron chi connectivity index (χ2n) is 5.33. The maximum Gasteiger partial charge on any atom is 0.255 e. The maximum absolute atomic E-state index is 12.3. The predicted octanol–water partition coefficient (Wildman–Crippen LogP) is 3.69. The van der Waals surface area contributed by atoms with Crippen LogP contribution in [0.4, 0.5) is 11.4 Å². The SMILES string of the molecule is CCS(=O)(=O)N(C)c1ccc(C(=O)Nc2ccc(Cl)cc2C)cc1. The van der Waals surface area contributed by atoms with E-state index in [1.165, 1.54) is 11.4 Å². The van der Waals surface area contributed by atoms with Crippen molar-refractivity contribution in [2.75, 3.05) is 22.4 Å². The first-order valence-electron chi connectivity index (χ1n) is 7.39. The summed E-state index contributed by atoms with van der Waals surface area (Å²) in [5, 5.41) is 3.42. The van der Waals surface area contributed by atoms with E-state index in [-0.39, 0.29) is 11.7 Å². The summed E-state index contributed by atoms with van der Waals surface area (Å²) in [6, 6.07) is 11.6. The van der Waals surface area contributed by atoms with Gasteiger partial charge in [0.1, 0.15) is 0 Å². The van der Waals surface area contributed by atoms with E-state index in [1.807, 2.05) is 6.92 Å². The molecule has 2 aromatic rings. The molecular weight excluding hydrogens is 348 g/mol. The molecule has 1 N–H and O–H groups in total. The molecule has 0 radical (unpaired) electrons. The topological polar surface area (TPSA) is 66.5 Å².